The molecule has 0 atom stereocenters. The van der Waals surface area contributed by atoms with Gasteiger partial charge in [0.05, 0.1) is 5.41 Å². The first-order valence-corrected chi connectivity index (χ1v) is 6.42. The monoisotopic (exact) mass is 290 g/mol. The number of halogens is 1. The second-order valence-electron chi connectivity index (χ2n) is 4.32. The van der Waals surface area contributed by atoms with E-state index in [0.29, 0.717) is 6.42 Å². The predicted octanol–water partition coefficient (Wildman–Crippen LogP) is 3.86. The van der Waals surface area contributed by atoms with E-state index < -0.39 is 11.4 Å². The minimum atomic E-state index is -0.730. The summed E-state index contributed by atoms with van der Waals surface area (Å²) in [7, 11) is 0. The number of aryl methyl sites for hydroxylation is 2. The van der Waals surface area contributed by atoms with Crippen molar-refractivity contribution < 1.29 is 9.90 Å². The fourth-order valence-electron chi connectivity index (χ4n) is 1.23. The van der Waals surface area contributed by atoms with Gasteiger partial charge in [0, 0.05) is 14.2 Å². The van der Waals surface area contributed by atoms with Gasteiger partial charge in [-0.2, -0.15) is 0 Å². The van der Waals surface area contributed by atoms with E-state index in [1.54, 1.807) is 25.2 Å². The molecule has 0 radical (unpaired) electrons. The van der Waals surface area contributed by atoms with E-state index in [2.05, 4.69) is 28.9 Å². The summed E-state index contributed by atoms with van der Waals surface area (Å²) in [5.41, 5.74) is -0.642. The average molecular weight is 291 g/mol. The van der Waals surface area contributed by atoms with Crippen LogP contribution < -0.4 is 0 Å². The van der Waals surface area contributed by atoms with Crippen molar-refractivity contribution in [3.63, 3.8) is 0 Å². The fourth-order valence-corrected chi connectivity index (χ4v) is 3.10. The highest BCUT2D eigenvalue weighted by atomic mass is 79.9. The zero-order chi connectivity index (χ0) is 11.6. The van der Waals surface area contributed by atoms with Gasteiger partial charge in [-0.25, -0.2) is 0 Å². The van der Waals surface area contributed by atoms with Gasteiger partial charge in [0.2, 0.25) is 0 Å². The van der Waals surface area contributed by atoms with Crippen molar-refractivity contribution in [2.45, 2.75) is 33.6 Å². The van der Waals surface area contributed by atoms with E-state index in [4.69, 9.17) is 5.11 Å². The first kappa shape index (κ1) is 12.7. The van der Waals surface area contributed by atoms with E-state index in [1.807, 2.05) is 0 Å². The van der Waals surface area contributed by atoms with Gasteiger partial charge >= 0.3 is 5.97 Å². The van der Waals surface area contributed by atoms with Crippen LogP contribution >= 0.6 is 27.3 Å². The highest BCUT2D eigenvalue weighted by Crippen LogP contribution is 2.31. The maximum atomic E-state index is 10.9. The van der Waals surface area contributed by atoms with Crippen LogP contribution in [0.15, 0.2) is 10.5 Å². The fraction of sp³-hybridized carbons (Fsp3) is 0.545. The second-order valence-corrected chi connectivity index (χ2v) is 6.51. The Bertz CT molecular complexity index is 369. The van der Waals surface area contributed by atoms with Crippen LogP contribution in [0, 0.1) is 12.3 Å². The van der Waals surface area contributed by atoms with E-state index in [0.717, 1.165) is 10.9 Å². The highest BCUT2D eigenvalue weighted by Gasteiger charge is 2.27. The number of rotatable bonds is 4. The summed E-state index contributed by atoms with van der Waals surface area (Å²) >= 11 is 5.21. The summed E-state index contributed by atoms with van der Waals surface area (Å²) < 4.78 is 1.10. The molecule has 2 nitrogen and oxygen atoms in total. The molecular weight excluding hydrogens is 276 g/mol. The molecule has 0 aromatic carbocycles. The smallest absolute Gasteiger partial charge is 0.309 e. The number of hydrogen-bond donors (Lipinski definition) is 1. The molecule has 0 aliphatic rings. The summed E-state index contributed by atoms with van der Waals surface area (Å²) in [5, 5.41) is 8.99. The van der Waals surface area contributed by atoms with Crippen LogP contribution in [-0.4, -0.2) is 11.1 Å². The summed E-state index contributed by atoms with van der Waals surface area (Å²) in [6, 6.07) is 2.08. The number of aliphatic carboxylic acids is 1. The van der Waals surface area contributed by atoms with Crippen LogP contribution in [0.5, 0.6) is 0 Å². The minimum Gasteiger partial charge on any atom is -0.481 e. The molecule has 0 fully saturated rings. The van der Waals surface area contributed by atoms with Crippen LogP contribution in [-0.2, 0) is 11.2 Å². The Kier molecular flexibility index (Phi) is 3.95. The normalized spacial score (nSPS) is 11.7. The summed E-state index contributed by atoms with van der Waals surface area (Å²) in [4.78, 5) is 13.4. The molecule has 0 aliphatic heterocycles. The van der Waals surface area contributed by atoms with Gasteiger partial charge in [-0.15, -0.1) is 11.3 Å². The van der Waals surface area contributed by atoms with Crippen LogP contribution in [0.1, 0.15) is 30.0 Å². The first-order chi connectivity index (χ1) is 6.83. The lowest BCUT2D eigenvalue weighted by atomic mass is 9.88. The van der Waals surface area contributed by atoms with E-state index in [1.165, 1.54) is 9.75 Å². The molecule has 84 valence electrons. The van der Waals surface area contributed by atoms with Crippen molar-refractivity contribution in [3.8, 4) is 0 Å². The third kappa shape index (κ3) is 3.31. The third-order valence-electron chi connectivity index (χ3n) is 2.44. The summed E-state index contributed by atoms with van der Waals surface area (Å²) in [6.07, 6.45) is 1.49. The van der Waals surface area contributed by atoms with Gasteiger partial charge in [-0.05, 0) is 55.6 Å². The molecule has 0 amide bonds. The van der Waals surface area contributed by atoms with Crippen molar-refractivity contribution in [2.24, 2.45) is 5.41 Å². The average Bonchev–Trinajstić information content (AvgIpc) is 2.41. The Labute approximate surface area is 102 Å². The molecule has 1 heterocycles. The van der Waals surface area contributed by atoms with Crippen molar-refractivity contribution in [1.82, 2.24) is 0 Å². The summed E-state index contributed by atoms with van der Waals surface area (Å²) in [5.74, 6) is -0.730. The van der Waals surface area contributed by atoms with Gasteiger partial charge < -0.3 is 5.11 Å². The molecule has 4 heteroatoms. The predicted molar refractivity (Wildman–Crippen MR) is 66.5 cm³/mol. The lowest BCUT2D eigenvalue weighted by molar-refractivity contribution is -0.147. The Morgan fingerprint density at radius 2 is 2.20 bits per heavy atom. The maximum Gasteiger partial charge on any atom is 0.309 e. The van der Waals surface area contributed by atoms with Crippen molar-refractivity contribution in [1.29, 1.82) is 0 Å². The van der Waals surface area contributed by atoms with E-state index in [9.17, 15) is 4.79 Å². The largest absolute Gasteiger partial charge is 0.481 e. The molecule has 0 saturated heterocycles. The van der Waals surface area contributed by atoms with Crippen molar-refractivity contribution in [3.05, 3.63) is 20.3 Å². The number of hydrogen-bond acceptors (Lipinski definition) is 2. The van der Waals surface area contributed by atoms with Crippen LogP contribution in [0.4, 0.5) is 0 Å². The number of carboxylic acid groups (broad SMARTS) is 1. The second kappa shape index (κ2) is 4.66. The van der Waals surface area contributed by atoms with Gasteiger partial charge in [-0.3, -0.25) is 4.79 Å². The van der Waals surface area contributed by atoms with Crippen LogP contribution in [0.25, 0.3) is 0 Å². The molecule has 1 N–H and O–H groups in total. The zero-order valence-corrected chi connectivity index (χ0v) is 11.5. The quantitative estimate of drug-likeness (QED) is 0.914. The molecule has 1 aromatic rings. The lowest BCUT2D eigenvalue weighted by Gasteiger charge is -2.18. The Morgan fingerprint density at radius 3 is 2.60 bits per heavy atom. The molecule has 0 saturated carbocycles. The lowest BCUT2D eigenvalue weighted by Crippen LogP contribution is -2.24. The Hall–Kier alpha value is -0.350. The Balaban J connectivity index is 2.65. The molecule has 0 aliphatic carbocycles. The number of thiophene rings is 1. The summed E-state index contributed by atoms with van der Waals surface area (Å²) in [6.45, 7) is 5.59. The first-order valence-electron chi connectivity index (χ1n) is 4.81. The maximum absolute atomic E-state index is 10.9. The van der Waals surface area contributed by atoms with Crippen LogP contribution in [0.3, 0.4) is 0 Å². The standard InChI is InChI=1S/C11H15BrO2S/c1-7-6-8(12)9(15-7)4-5-11(2,3)10(13)14/h6H,4-5H2,1-3H3,(H,13,14). The molecule has 0 spiro atoms. The van der Waals surface area contributed by atoms with E-state index in [-0.39, 0.29) is 0 Å². The molecule has 1 aromatic heterocycles. The van der Waals surface area contributed by atoms with Crippen LogP contribution in [0.2, 0.25) is 0 Å². The Morgan fingerprint density at radius 1 is 1.60 bits per heavy atom. The van der Waals surface area contributed by atoms with Crippen molar-refractivity contribution in [2.75, 3.05) is 0 Å². The molecular formula is C11H15BrO2S. The third-order valence-corrected chi connectivity index (χ3v) is 4.52. The SMILES string of the molecule is Cc1cc(Br)c(CCC(C)(C)C(=O)O)s1. The molecule has 15 heavy (non-hydrogen) atoms. The zero-order valence-electron chi connectivity index (χ0n) is 9.13. The topological polar surface area (TPSA) is 37.3 Å². The number of carbonyl (C=O) groups is 1. The van der Waals surface area contributed by atoms with Gasteiger partial charge in [0.1, 0.15) is 0 Å². The number of carboxylic acids is 1. The van der Waals surface area contributed by atoms with Gasteiger partial charge in [-0.1, -0.05) is 0 Å². The van der Waals surface area contributed by atoms with Gasteiger partial charge in [0.15, 0.2) is 0 Å². The molecule has 1 rings (SSSR count). The van der Waals surface area contributed by atoms with Gasteiger partial charge in [0.25, 0.3) is 0 Å². The van der Waals surface area contributed by atoms with E-state index >= 15 is 0 Å². The molecule has 0 unspecified atom stereocenters. The minimum absolute atomic E-state index is 0.642. The van der Waals surface area contributed by atoms with Crippen molar-refractivity contribution >= 4 is 33.2 Å². The highest BCUT2D eigenvalue weighted by molar-refractivity contribution is 9.10. The molecule has 0 bridgehead atoms.